The predicted octanol–water partition coefficient (Wildman–Crippen LogP) is 19.5. The molecule has 438 valence electrons. The molecule has 0 radical (unpaired) electrons. The molecule has 32 bridgehead atoms. The van der Waals surface area contributed by atoms with Gasteiger partial charge < -0.3 is 39.9 Å². The van der Waals surface area contributed by atoms with Crippen molar-refractivity contribution in [1.82, 2.24) is 79.7 Å². The number of benzene rings is 6. The fourth-order valence-electron chi connectivity index (χ4n) is 17.3. The number of fused-ring (bicyclic) bond motifs is 26. The summed E-state index contributed by atoms with van der Waals surface area (Å²) in [4.78, 5) is 74.8. The lowest BCUT2D eigenvalue weighted by Gasteiger charge is -2.07. The van der Waals surface area contributed by atoms with Crippen molar-refractivity contribution in [3.05, 3.63) is 181 Å². The van der Waals surface area contributed by atoms with Gasteiger partial charge in [0.1, 0.15) is 0 Å². The smallest absolute Gasteiger partial charge is 0.0817 e. The van der Waals surface area contributed by atoms with Crippen LogP contribution < -0.4 is 0 Å². The van der Waals surface area contributed by atoms with Gasteiger partial charge in [-0.25, -0.2) is 39.9 Å². The van der Waals surface area contributed by atoms with E-state index < -0.39 is 0 Å². The van der Waals surface area contributed by atoms with Gasteiger partial charge in [-0.1, -0.05) is 0 Å². The summed E-state index contributed by atoms with van der Waals surface area (Å²) in [5, 5.41) is 18.5. The zero-order chi connectivity index (χ0) is 61.4. The van der Waals surface area contributed by atoms with E-state index in [-0.39, 0.29) is 0 Å². The van der Waals surface area contributed by atoms with Crippen LogP contribution in [0, 0.1) is 0 Å². The minimum atomic E-state index is 0.818. The van der Waals surface area contributed by atoms with Crippen LogP contribution in [0.2, 0.25) is 0 Å². The van der Waals surface area contributed by atoms with Gasteiger partial charge >= 0.3 is 0 Å². The Balaban J connectivity index is 0.819. The molecule has 2 aliphatic heterocycles. The number of hydrogen-bond donors (Lipinski definition) is 8. The summed E-state index contributed by atoms with van der Waals surface area (Å²) in [5.41, 5.74) is 29.1. The van der Waals surface area contributed by atoms with E-state index in [1.807, 2.05) is 0 Å². The summed E-state index contributed by atoms with van der Waals surface area (Å²) in [6.07, 6.45) is 8.26. The normalized spacial score (nSPS) is 13.5. The standard InChI is InChI=1S/C80H38N16/c1-5-35-11-39-19-51-55-23-43-15-47-27-59-60-29-49-17-45-25-57-53-21-41-13-37-7-3-33(83-37)10-34-4-8-38(84-34)14-42-22-54-58-26-46(92-76(58)66(75(57)91-45)64(71(53)87-41)72(54)88-42)18-50-30-62-61-28-48(94-79(61)67(77(59)93-47)68(78(60)95-49)80(62)96-50)16-44-24-56-52-20-40(12-36-6-2-32(82-36)9-31(1)81-35)86-70(52)63(69(51)85-39)65(73(55)89-43)74(56)90-44/h1-30,81,84,86-87,89,92,94-95H. The second-order valence-electron chi connectivity index (χ2n) is 26.8. The second kappa shape index (κ2) is 15.8. The van der Waals surface area contributed by atoms with E-state index in [0.29, 0.717) is 0 Å². The summed E-state index contributed by atoms with van der Waals surface area (Å²) >= 11 is 0. The highest BCUT2D eigenvalue weighted by Gasteiger charge is 2.27. The van der Waals surface area contributed by atoms with Crippen molar-refractivity contribution in [2.24, 2.45) is 0 Å². The number of aromatic nitrogens is 16. The molecular weight excluding hydrogens is 1180 g/mol. The topological polar surface area (TPSA) is 229 Å². The lowest BCUT2D eigenvalue weighted by atomic mass is 9.98. The van der Waals surface area contributed by atoms with Crippen LogP contribution in [0.3, 0.4) is 0 Å². The Morgan fingerprint density at radius 3 is 0.604 bits per heavy atom. The SMILES string of the molecule is C1=Cc2cc3cc4c5cc6cc7cc8c9cc%10cc%11cc%12c%13cc%14cc%15ccc(cc%16nc(cc%17cc%18c%19cc(cc%20cc%21c%22cc(cc%23cc%24c%25cc(cc%26ccc(cc1n2)[nH]%26)nc%25c(c4[nH]3)c(c5n6)c%24[nH]%23)nc%22c(c8[nH]7)c(c9n%10)c%21[nH]%20)nc%19c(c%12[nH]%11)c(c%13n%14)c%18[nH]%17)C=C%16)[nH]%15. The zero-order valence-electron chi connectivity index (χ0n) is 49.9. The monoisotopic (exact) mass is 1220 g/mol. The van der Waals surface area contributed by atoms with E-state index in [1.165, 1.54) is 0 Å². The van der Waals surface area contributed by atoms with Crippen molar-refractivity contribution in [3.63, 3.8) is 0 Å². The first-order chi connectivity index (χ1) is 47.3. The first-order valence-corrected chi connectivity index (χ1v) is 32.2. The highest BCUT2D eigenvalue weighted by atomic mass is 14.8. The first-order valence-electron chi connectivity index (χ1n) is 32.2. The van der Waals surface area contributed by atoms with Crippen molar-refractivity contribution in [3.8, 4) is 0 Å². The molecule has 0 saturated carbocycles. The molecule has 0 amide bonds. The molecule has 0 unspecified atom stereocenters. The third-order valence-corrected chi connectivity index (χ3v) is 21.0. The van der Waals surface area contributed by atoms with Crippen LogP contribution in [0.5, 0.6) is 0 Å². The number of rotatable bonds is 0. The van der Waals surface area contributed by atoms with E-state index in [0.717, 1.165) is 274 Å². The Labute approximate surface area is 533 Å². The number of H-pyrrole nitrogens is 8. The van der Waals surface area contributed by atoms with Gasteiger partial charge in [0, 0.05) is 152 Å². The molecule has 0 aliphatic carbocycles. The Morgan fingerprint density at radius 1 is 0.167 bits per heavy atom. The van der Waals surface area contributed by atoms with E-state index in [9.17, 15) is 0 Å². The Kier molecular flexibility index (Phi) is 7.80. The van der Waals surface area contributed by atoms with Crippen molar-refractivity contribution in [2.75, 3.05) is 0 Å². The molecule has 6 aromatic carbocycles. The molecule has 20 heterocycles. The summed E-state index contributed by atoms with van der Waals surface area (Å²) in [5.74, 6) is 0. The van der Waals surface area contributed by atoms with Crippen molar-refractivity contribution in [2.45, 2.75) is 0 Å². The quantitative estimate of drug-likeness (QED) is 0.0726. The average Bonchev–Trinajstić information content (AvgIpc) is 1.53. The molecule has 2 aliphatic rings. The molecule has 18 aromatic heterocycles. The molecule has 0 spiro atoms. The first kappa shape index (κ1) is 47.3. The molecule has 0 atom stereocenters. The Morgan fingerprint density at radius 2 is 0.365 bits per heavy atom. The van der Waals surface area contributed by atoms with Crippen LogP contribution in [0.15, 0.2) is 158 Å². The molecule has 96 heavy (non-hydrogen) atoms. The molecule has 16 nitrogen and oxygen atoms in total. The largest absolute Gasteiger partial charge is 0.355 e. The highest BCUT2D eigenvalue weighted by molar-refractivity contribution is 6.42. The molecule has 24 aromatic rings. The number of nitrogens with one attached hydrogen (secondary N) is 8. The molecule has 0 fully saturated rings. The van der Waals surface area contributed by atoms with Crippen LogP contribution in [0.25, 0.3) is 276 Å². The molecule has 16 heteroatoms. The predicted molar refractivity (Wildman–Crippen MR) is 393 cm³/mol. The lowest BCUT2D eigenvalue weighted by molar-refractivity contribution is 1.32. The maximum atomic E-state index is 5.71. The van der Waals surface area contributed by atoms with Crippen LogP contribution in [0.4, 0.5) is 0 Å². The van der Waals surface area contributed by atoms with E-state index in [1.54, 1.807) is 0 Å². The van der Waals surface area contributed by atoms with Gasteiger partial charge in [0.05, 0.1) is 122 Å². The van der Waals surface area contributed by atoms with Gasteiger partial charge in [-0.05, 0) is 182 Å². The van der Waals surface area contributed by atoms with Crippen LogP contribution in [-0.4, -0.2) is 79.7 Å². The van der Waals surface area contributed by atoms with Crippen LogP contribution >= 0.6 is 0 Å². The van der Waals surface area contributed by atoms with Crippen LogP contribution in [0.1, 0.15) is 22.8 Å². The summed E-state index contributed by atoms with van der Waals surface area (Å²) in [6.45, 7) is 0. The second-order valence-corrected chi connectivity index (χ2v) is 26.8. The summed E-state index contributed by atoms with van der Waals surface area (Å²) < 4.78 is 0. The summed E-state index contributed by atoms with van der Waals surface area (Å²) in [7, 11) is 0. The maximum Gasteiger partial charge on any atom is 0.0817 e. The van der Waals surface area contributed by atoms with E-state index in [4.69, 9.17) is 39.9 Å². The minimum Gasteiger partial charge on any atom is -0.355 e. The third-order valence-electron chi connectivity index (χ3n) is 21.0. The fourth-order valence-corrected chi connectivity index (χ4v) is 17.3. The molecule has 0 saturated heterocycles. The highest BCUT2D eigenvalue weighted by Crippen LogP contribution is 2.50. The average molecular weight is 1220 g/mol. The van der Waals surface area contributed by atoms with Gasteiger partial charge in [0.2, 0.25) is 0 Å². The van der Waals surface area contributed by atoms with Crippen molar-refractivity contribution < 1.29 is 0 Å². The number of hydrogen-bond acceptors (Lipinski definition) is 8. The minimum absolute atomic E-state index is 0.818. The van der Waals surface area contributed by atoms with Crippen molar-refractivity contribution in [1.29, 1.82) is 0 Å². The van der Waals surface area contributed by atoms with Gasteiger partial charge in [-0.3, -0.25) is 0 Å². The van der Waals surface area contributed by atoms with Crippen LogP contribution in [-0.2, 0) is 0 Å². The van der Waals surface area contributed by atoms with E-state index in [2.05, 4.69) is 222 Å². The molecular formula is C80H38N16. The third kappa shape index (κ3) is 6.01. The molecule has 26 rings (SSSR count). The lowest BCUT2D eigenvalue weighted by Crippen LogP contribution is -1.85. The molecule has 8 N–H and O–H groups in total. The van der Waals surface area contributed by atoms with E-state index >= 15 is 0 Å². The van der Waals surface area contributed by atoms with Gasteiger partial charge in [-0.2, -0.15) is 0 Å². The maximum absolute atomic E-state index is 5.71. The zero-order valence-corrected chi connectivity index (χ0v) is 49.9. The number of nitrogens with zero attached hydrogens (tertiary/aromatic N) is 8. The van der Waals surface area contributed by atoms with Gasteiger partial charge in [0.25, 0.3) is 0 Å². The fraction of sp³-hybridized carbons (Fsp3) is 0. The van der Waals surface area contributed by atoms with Crippen molar-refractivity contribution >= 4 is 276 Å². The Hall–Kier alpha value is -13.6. The van der Waals surface area contributed by atoms with Gasteiger partial charge in [0.15, 0.2) is 0 Å². The summed E-state index contributed by atoms with van der Waals surface area (Å²) in [6, 6.07) is 56.7. The van der Waals surface area contributed by atoms with Gasteiger partial charge in [-0.15, -0.1) is 0 Å². The Bertz CT molecular complexity index is 7680. The number of aromatic amines is 8.